The van der Waals surface area contributed by atoms with Crippen LogP contribution < -0.4 is 11.1 Å². The number of fused-ring (bicyclic) bond motifs is 1. The lowest BCUT2D eigenvalue weighted by atomic mass is 10.1. The monoisotopic (exact) mass is 277 g/mol. The SMILES string of the molecule is Cc1cc2ccccc2nc1NC(C)c1ccc(N)cc1. The number of hydrogen-bond donors (Lipinski definition) is 2. The highest BCUT2D eigenvalue weighted by molar-refractivity contribution is 5.81. The largest absolute Gasteiger partial charge is 0.399 e. The summed E-state index contributed by atoms with van der Waals surface area (Å²) >= 11 is 0. The molecule has 0 radical (unpaired) electrons. The first-order chi connectivity index (χ1) is 10.1. The predicted molar refractivity (Wildman–Crippen MR) is 89.4 cm³/mol. The summed E-state index contributed by atoms with van der Waals surface area (Å²) in [6, 6.07) is 18.5. The van der Waals surface area contributed by atoms with Crippen molar-refractivity contribution in [2.24, 2.45) is 0 Å². The highest BCUT2D eigenvalue weighted by Gasteiger charge is 2.09. The van der Waals surface area contributed by atoms with Crippen molar-refractivity contribution in [2.75, 3.05) is 11.1 Å². The second kappa shape index (κ2) is 5.44. The van der Waals surface area contributed by atoms with Crippen LogP contribution in [0.4, 0.5) is 11.5 Å². The number of hydrogen-bond acceptors (Lipinski definition) is 3. The molecule has 0 saturated heterocycles. The third kappa shape index (κ3) is 2.82. The molecule has 3 aromatic rings. The quantitative estimate of drug-likeness (QED) is 0.702. The molecule has 0 saturated carbocycles. The number of benzene rings is 2. The maximum atomic E-state index is 5.73. The van der Waals surface area contributed by atoms with E-state index in [1.165, 1.54) is 10.9 Å². The molecule has 106 valence electrons. The number of anilines is 2. The molecule has 0 fully saturated rings. The molecule has 0 amide bonds. The highest BCUT2D eigenvalue weighted by Crippen LogP contribution is 2.24. The van der Waals surface area contributed by atoms with Crippen molar-refractivity contribution in [1.82, 2.24) is 4.98 Å². The average molecular weight is 277 g/mol. The van der Waals surface area contributed by atoms with Crippen molar-refractivity contribution < 1.29 is 0 Å². The first kappa shape index (κ1) is 13.4. The molecule has 0 spiro atoms. The minimum Gasteiger partial charge on any atom is -0.399 e. The second-order valence-electron chi connectivity index (χ2n) is 5.38. The van der Waals surface area contributed by atoms with Gasteiger partial charge in [0.1, 0.15) is 5.82 Å². The molecular formula is C18H19N3. The van der Waals surface area contributed by atoms with Crippen LogP contribution in [-0.2, 0) is 0 Å². The summed E-state index contributed by atoms with van der Waals surface area (Å²) in [7, 11) is 0. The van der Waals surface area contributed by atoms with Gasteiger partial charge >= 0.3 is 0 Å². The van der Waals surface area contributed by atoms with Crippen LogP contribution in [0.2, 0.25) is 0 Å². The van der Waals surface area contributed by atoms with Crippen molar-refractivity contribution in [3.05, 3.63) is 65.7 Å². The molecule has 2 aromatic carbocycles. The Hall–Kier alpha value is -2.55. The second-order valence-corrected chi connectivity index (χ2v) is 5.38. The van der Waals surface area contributed by atoms with E-state index in [0.29, 0.717) is 0 Å². The normalized spacial score (nSPS) is 12.3. The molecule has 3 N–H and O–H groups in total. The Bertz CT molecular complexity index is 763. The fourth-order valence-corrected chi connectivity index (χ4v) is 2.44. The van der Waals surface area contributed by atoms with Crippen molar-refractivity contribution in [3.63, 3.8) is 0 Å². The number of nitrogens with zero attached hydrogens (tertiary/aromatic N) is 1. The smallest absolute Gasteiger partial charge is 0.130 e. The molecule has 21 heavy (non-hydrogen) atoms. The molecule has 0 bridgehead atoms. The maximum Gasteiger partial charge on any atom is 0.130 e. The first-order valence-corrected chi connectivity index (χ1v) is 7.12. The van der Waals surface area contributed by atoms with Gasteiger partial charge in [-0.15, -0.1) is 0 Å². The maximum absolute atomic E-state index is 5.73. The van der Waals surface area contributed by atoms with Gasteiger partial charge in [-0.05, 0) is 49.2 Å². The van der Waals surface area contributed by atoms with Gasteiger partial charge in [0.2, 0.25) is 0 Å². The lowest BCUT2D eigenvalue weighted by Crippen LogP contribution is -2.09. The fraction of sp³-hybridized carbons (Fsp3) is 0.167. The average Bonchev–Trinajstić information content (AvgIpc) is 2.48. The molecular weight excluding hydrogens is 258 g/mol. The van der Waals surface area contributed by atoms with Gasteiger partial charge in [-0.3, -0.25) is 0 Å². The Morgan fingerprint density at radius 3 is 2.52 bits per heavy atom. The molecule has 1 heterocycles. The number of aryl methyl sites for hydroxylation is 1. The van der Waals surface area contributed by atoms with Crippen molar-refractivity contribution >= 4 is 22.4 Å². The molecule has 3 rings (SSSR count). The number of rotatable bonds is 3. The molecule has 3 nitrogen and oxygen atoms in total. The van der Waals surface area contributed by atoms with Crippen molar-refractivity contribution in [1.29, 1.82) is 0 Å². The standard InChI is InChI=1S/C18H19N3/c1-12-11-15-5-3-4-6-17(15)21-18(12)20-13(2)14-7-9-16(19)10-8-14/h3-11,13H,19H2,1-2H3,(H,20,21). The summed E-state index contributed by atoms with van der Waals surface area (Å²) < 4.78 is 0. The third-order valence-electron chi connectivity index (χ3n) is 3.70. The van der Waals surface area contributed by atoms with Crippen LogP contribution in [0, 0.1) is 6.92 Å². The molecule has 0 aliphatic rings. The molecule has 0 aliphatic carbocycles. The van der Waals surface area contributed by atoms with Crippen LogP contribution in [0.3, 0.4) is 0 Å². The zero-order valence-corrected chi connectivity index (χ0v) is 12.3. The van der Waals surface area contributed by atoms with Crippen LogP contribution in [0.1, 0.15) is 24.1 Å². The predicted octanol–water partition coefficient (Wildman–Crippen LogP) is 4.30. The fourth-order valence-electron chi connectivity index (χ4n) is 2.44. The van der Waals surface area contributed by atoms with Gasteiger partial charge in [0, 0.05) is 17.1 Å². The van der Waals surface area contributed by atoms with E-state index in [-0.39, 0.29) is 6.04 Å². The number of nitrogens with one attached hydrogen (secondary N) is 1. The number of para-hydroxylation sites is 1. The van der Waals surface area contributed by atoms with Gasteiger partial charge in [-0.25, -0.2) is 4.98 Å². The van der Waals surface area contributed by atoms with Crippen LogP contribution in [-0.4, -0.2) is 4.98 Å². The Morgan fingerprint density at radius 1 is 1.05 bits per heavy atom. The minimum absolute atomic E-state index is 0.179. The summed E-state index contributed by atoms with van der Waals surface area (Å²) in [5.74, 6) is 0.929. The van der Waals surface area contributed by atoms with Gasteiger partial charge in [0.15, 0.2) is 0 Å². The van der Waals surface area contributed by atoms with E-state index in [9.17, 15) is 0 Å². The lowest BCUT2D eigenvalue weighted by molar-refractivity contribution is 0.874. The Labute approximate surface area is 124 Å². The lowest BCUT2D eigenvalue weighted by Gasteiger charge is -2.17. The third-order valence-corrected chi connectivity index (χ3v) is 3.70. The van der Waals surface area contributed by atoms with Gasteiger partial charge in [-0.1, -0.05) is 30.3 Å². The molecule has 3 heteroatoms. The topological polar surface area (TPSA) is 50.9 Å². The van der Waals surface area contributed by atoms with Gasteiger partial charge < -0.3 is 11.1 Å². The molecule has 1 atom stereocenters. The van der Waals surface area contributed by atoms with Crippen LogP contribution in [0.5, 0.6) is 0 Å². The van der Waals surface area contributed by atoms with E-state index in [1.807, 2.05) is 42.5 Å². The van der Waals surface area contributed by atoms with Gasteiger partial charge in [0.25, 0.3) is 0 Å². The van der Waals surface area contributed by atoms with Gasteiger partial charge in [0.05, 0.1) is 5.52 Å². The summed E-state index contributed by atoms with van der Waals surface area (Å²) in [6.07, 6.45) is 0. The zero-order valence-electron chi connectivity index (χ0n) is 12.3. The van der Waals surface area contributed by atoms with Crippen LogP contribution >= 0.6 is 0 Å². The van der Waals surface area contributed by atoms with E-state index in [2.05, 4.69) is 31.3 Å². The van der Waals surface area contributed by atoms with E-state index in [0.717, 1.165) is 22.6 Å². The zero-order chi connectivity index (χ0) is 14.8. The molecule has 1 aromatic heterocycles. The highest BCUT2D eigenvalue weighted by atomic mass is 15.0. The Balaban J connectivity index is 1.90. The van der Waals surface area contributed by atoms with Crippen LogP contribution in [0.15, 0.2) is 54.6 Å². The van der Waals surface area contributed by atoms with E-state index >= 15 is 0 Å². The van der Waals surface area contributed by atoms with Gasteiger partial charge in [-0.2, -0.15) is 0 Å². The molecule has 1 unspecified atom stereocenters. The number of nitrogen functional groups attached to an aromatic ring is 1. The first-order valence-electron chi connectivity index (χ1n) is 7.12. The summed E-state index contributed by atoms with van der Waals surface area (Å²) in [6.45, 7) is 4.21. The van der Waals surface area contributed by atoms with Crippen molar-refractivity contribution in [3.8, 4) is 0 Å². The Morgan fingerprint density at radius 2 is 1.76 bits per heavy atom. The summed E-state index contributed by atoms with van der Waals surface area (Å²) in [5, 5.41) is 4.65. The number of aromatic nitrogens is 1. The number of pyridine rings is 1. The van der Waals surface area contributed by atoms with E-state index in [4.69, 9.17) is 10.7 Å². The summed E-state index contributed by atoms with van der Waals surface area (Å²) in [5.41, 5.74) is 9.87. The molecule has 0 aliphatic heterocycles. The minimum atomic E-state index is 0.179. The van der Waals surface area contributed by atoms with E-state index in [1.54, 1.807) is 0 Å². The van der Waals surface area contributed by atoms with E-state index < -0.39 is 0 Å². The Kier molecular flexibility index (Phi) is 3.48. The number of nitrogens with two attached hydrogens (primary N) is 1. The summed E-state index contributed by atoms with van der Waals surface area (Å²) in [4.78, 5) is 4.72. The van der Waals surface area contributed by atoms with Crippen molar-refractivity contribution in [2.45, 2.75) is 19.9 Å². The van der Waals surface area contributed by atoms with Crippen LogP contribution in [0.25, 0.3) is 10.9 Å².